The number of aryl methyl sites for hydroxylation is 1. The van der Waals surface area contributed by atoms with Gasteiger partial charge in [-0.2, -0.15) is 0 Å². The summed E-state index contributed by atoms with van der Waals surface area (Å²) >= 11 is 0. The normalized spacial score (nSPS) is 16.4. The Morgan fingerprint density at radius 2 is 1.92 bits per heavy atom. The minimum Gasteiger partial charge on any atom is -0.402 e. The van der Waals surface area contributed by atoms with Crippen LogP contribution in [0.4, 0.5) is 5.82 Å². The van der Waals surface area contributed by atoms with E-state index in [1.807, 2.05) is 18.2 Å². The highest BCUT2D eigenvalue weighted by Gasteiger charge is 2.17. The van der Waals surface area contributed by atoms with Crippen LogP contribution in [0.5, 0.6) is 0 Å². The lowest BCUT2D eigenvalue weighted by Crippen LogP contribution is -2.15. The van der Waals surface area contributed by atoms with Gasteiger partial charge in [-0.15, -0.1) is 0 Å². The van der Waals surface area contributed by atoms with Gasteiger partial charge in [-0.05, 0) is 55.0 Å². The topological polar surface area (TPSA) is 77.3 Å². The summed E-state index contributed by atoms with van der Waals surface area (Å²) < 4.78 is 0. The molecule has 1 aliphatic carbocycles. The maximum atomic E-state index is 6.17. The maximum absolute atomic E-state index is 6.17. The highest BCUT2D eigenvalue weighted by molar-refractivity contribution is 5.93. The predicted octanol–water partition coefficient (Wildman–Crippen LogP) is 4.33. The first kappa shape index (κ1) is 17.2. The zero-order valence-corrected chi connectivity index (χ0v) is 14.8. The van der Waals surface area contributed by atoms with Gasteiger partial charge >= 0.3 is 0 Å². The molecule has 130 valence electrons. The van der Waals surface area contributed by atoms with Crippen molar-refractivity contribution in [1.29, 1.82) is 0 Å². The van der Waals surface area contributed by atoms with Gasteiger partial charge < -0.3 is 11.5 Å². The van der Waals surface area contributed by atoms with E-state index in [4.69, 9.17) is 11.5 Å². The smallest absolute Gasteiger partial charge is 0.154 e. The quantitative estimate of drug-likeness (QED) is 0.631. The molecule has 1 aromatic carbocycles. The zero-order valence-electron chi connectivity index (χ0n) is 14.8. The van der Waals surface area contributed by atoms with Crippen molar-refractivity contribution in [1.82, 2.24) is 4.98 Å². The fourth-order valence-corrected chi connectivity index (χ4v) is 3.31. The molecule has 4 nitrogen and oxygen atoms in total. The van der Waals surface area contributed by atoms with Crippen LogP contribution in [0.15, 0.2) is 59.2 Å². The molecule has 4 heteroatoms. The second-order valence-electron chi connectivity index (χ2n) is 6.60. The number of rotatable bonds is 5. The number of aromatic nitrogens is 1. The minimum atomic E-state index is 0.413. The van der Waals surface area contributed by atoms with Gasteiger partial charge in [0, 0.05) is 11.3 Å². The summed E-state index contributed by atoms with van der Waals surface area (Å²) in [4.78, 5) is 9.05. The SMILES string of the molecule is CCc1cccc(-c2cccc(N=C(N)/C=C(\N)C3CCCC3)n2)c1. The summed E-state index contributed by atoms with van der Waals surface area (Å²) in [7, 11) is 0. The van der Waals surface area contributed by atoms with Crippen LogP contribution in [0.25, 0.3) is 11.3 Å². The van der Waals surface area contributed by atoms with E-state index in [0.717, 1.165) is 36.2 Å². The van der Waals surface area contributed by atoms with Crippen LogP contribution in [0.2, 0.25) is 0 Å². The second-order valence-corrected chi connectivity index (χ2v) is 6.60. The van der Waals surface area contributed by atoms with E-state index in [2.05, 4.69) is 41.2 Å². The third-order valence-electron chi connectivity index (χ3n) is 4.75. The Morgan fingerprint density at radius 1 is 1.16 bits per heavy atom. The van der Waals surface area contributed by atoms with Gasteiger partial charge in [0.2, 0.25) is 0 Å². The summed E-state index contributed by atoms with van der Waals surface area (Å²) in [5.41, 5.74) is 16.4. The highest BCUT2D eigenvalue weighted by Crippen LogP contribution is 2.28. The summed E-state index contributed by atoms with van der Waals surface area (Å²) in [5.74, 6) is 1.47. The first-order chi connectivity index (χ1) is 12.2. The molecule has 0 bridgehead atoms. The Hall–Kier alpha value is -2.62. The summed E-state index contributed by atoms with van der Waals surface area (Å²) in [5, 5.41) is 0. The second kappa shape index (κ2) is 7.97. The van der Waals surface area contributed by atoms with Gasteiger partial charge in [0.25, 0.3) is 0 Å². The van der Waals surface area contributed by atoms with Crippen molar-refractivity contribution in [3.8, 4) is 11.3 Å². The van der Waals surface area contributed by atoms with Crippen LogP contribution in [-0.4, -0.2) is 10.8 Å². The Kier molecular flexibility index (Phi) is 5.49. The van der Waals surface area contributed by atoms with Gasteiger partial charge in [0.1, 0.15) is 5.84 Å². The number of allylic oxidation sites excluding steroid dienone is 1. The monoisotopic (exact) mass is 334 g/mol. The largest absolute Gasteiger partial charge is 0.402 e. The lowest BCUT2D eigenvalue weighted by Gasteiger charge is -2.09. The minimum absolute atomic E-state index is 0.413. The average molecular weight is 334 g/mol. The lowest BCUT2D eigenvalue weighted by atomic mass is 10.0. The molecule has 0 amide bonds. The van der Waals surface area contributed by atoms with Gasteiger partial charge in [-0.3, -0.25) is 0 Å². The molecule has 0 radical (unpaired) electrons. The van der Waals surface area contributed by atoms with E-state index in [1.165, 1.54) is 18.4 Å². The molecule has 25 heavy (non-hydrogen) atoms. The number of hydrogen-bond acceptors (Lipinski definition) is 3. The Bertz CT molecular complexity index is 786. The van der Waals surface area contributed by atoms with E-state index in [-0.39, 0.29) is 0 Å². The maximum Gasteiger partial charge on any atom is 0.154 e. The molecule has 4 N–H and O–H groups in total. The van der Waals surface area contributed by atoms with Crippen LogP contribution >= 0.6 is 0 Å². The van der Waals surface area contributed by atoms with Crippen LogP contribution in [0.3, 0.4) is 0 Å². The van der Waals surface area contributed by atoms with Gasteiger partial charge in [-0.25, -0.2) is 9.98 Å². The first-order valence-electron chi connectivity index (χ1n) is 9.03. The van der Waals surface area contributed by atoms with Crippen molar-refractivity contribution in [2.75, 3.05) is 0 Å². The molecule has 0 spiro atoms. The van der Waals surface area contributed by atoms with Gasteiger partial charge in [-0.1, -0.05) is 44.0 Å². The van der Waals surface area contributed by atoms with Gasteiger partial charge in [0.05, 0.1) is 5.69 Å². The fraction of sp³-hybridized carbons (Fsp3) is 0.333. The number of nitrogens with zero attached hydrogens (tertiary/aromatic N) is 2. The molecule has 1 aromatic heterocycles. The van der Waals surface area contributed by atoms with E-state index >= 15 is 0 Å². The third-order valence-corrected chi connectivity index (χ3v) is 4.75. The molecule has 0 aliphatic heterocycles. The fourth-order valence-electron chi connectivity index (χ4n) is 3.31. The molecule has 1 fully saturated rings. The molecule has 0 saturated heterocycles. The summed E-state index contributed by atoms with van der Waals surface area (Å²) in [6.07, 6.45) is 7.59. The first-order valence-corrected chi connectivity index (χ1v) is 9.03. The van der Waals surface area contributed by atoms with Crippen molar-refractivity contribution in [3.05, 3.63) is 59.8 Å². The van der Waals surface area contributed by atoms with Crippen molar-refractivity contribution in [3.63, 3.8) is 0 Å². The van der Waals surface area contributed by atoms with Crippen LogP contribution < -0.4 is 11.5 Å². The number of pyridine rings is 1. The Labute approximate surface area is 149 Å². The predicted molar refractivity (Wildman–Crippen MR) is 105 cm³/mol. The standard InChI is InChI=1S/C21H26N4/c1-2-15-7-5-10-17(13-15)19-11-6-12-21(24-19)25-20(23)14-18(22)16-8-3-4-9-16/h5-7,10-14,16H,2-4,8-9,22H2,1H3,(H2,23,24,25)/b18-14-. The van der Waals surface area contributed by atoms with Gasteiger partial charge in [0.15, 0.2) is 5.82 Å². The van der Waals surface area contributed by atoms with E-state index in [0.29, 0.717) is 17.6 Å². The lowest BCUT2D eigenvalue weighted by molar-refractivity contribution is 0.635. The van der Waals surface area contributed by atoms with E-state index in [9.17, 15) is 0 Å². The average Bonchev–Trinajstić information content (AvgIpc) is 3.17. The third kappa shape index (κ3) is 4.47. The molecular formula is C21H26N4. The molecule has 3 rings (SSSR count). The molecular weight excluding hydrogens is 308 g/mol. The van der Waals surface area contributed by atoms with Crippen molar-refractivity contribution >= 4 is 11.7 Å². The Balaban J connectivity index is 1.82. The van der Waals surface area contributed by atoms with E-state index < -0.39 is 0 Å². The number of nitrogens with two attached hydrogens (primary N) is 2. The molecule has 1 aliphatic rings. The number of hydrogen-bond donors (Lipinski definition) is 2. The highest BCUT2D eigenvalue weighted by atomic mass is 15.0. The Morgan fingerprint density at radius 3 is 2.68 bits per heavy atom. The molecule has 1 heterocycles. The molecule has 1 saturated carbocycles. The molecule has 2 aromatic rings. The van der Waals surface area contributed by atoms with Crippen LogP contribution in [0.1, 0.15) is 38.2 Å². The molecule has 0 atom stereocenters. The van der Waals surface area contributed by atoms with E-state index in [1.54, 1.807) is 6.08 Å². The number of aliphatic imine (C=N–C) groups is 1. The number of amidine groups is 1. The van der Waals surface area contributed by atoms with Crippen LogP contribution in [-0.2, 0) is 6.42 Å². The van der Waals surface area contributed by atoms with Crippen LogP contribution in [0, 0.1) is 5.92 Å². The summed E-state index contributed by atoms with van der Waals surface area (Å²) in [6, 6.07) is 14.2. The van der Waals surface area contributed by atoms with Crippen molar-refractivity contribution < 1.29 is 0 Å². The zero-order chi connectivity index (χ0) is 17.6. The van der Waals surface area contributed by atoms with Crippen molar-refractivity contribution in [2.45, 2.75) is 39.0 Å². The summed E-state index contributed by atoms with van der Waals surface area (Å²) in [6.45, 7) is 2.15. The molecule has 0 unspecified atom stereocenters. The van der Waals surface area contributed by atoms with Crippen molar-refractivity contribution in [2.24, 2.45) is 22.4 Å². The number of benzene rings is 1.